The molecule has 1 aromatic rings. The van der Waals surface area contributed by atoms with Crippen molar-refractivity contribution in [2.24, 2.45) is 11.8 Å². The second kappa shape index (κ2) is 5.43. The van der Waals surface area contributed by atoms with Gasteiger partial charge in [-0.1, -0.05) is 19.9 Å². The molecule has 1 heterocycles. The number of carboxylic acids is 1. The number of aromatic nitrogens is 1. The van der Waals surface area contributed by atoms with Gasteiger partial charge in [0.1, 0.15) is 5.82 Å². The number of amides is 1. The lowest BCUT2D eigenvalue weighted by Crippen LogP contribution is -2.30. The molecule has 0 radical (unpaired) electrons. The number of anilines is 1. The number of carbonyl (C=O) groups excluding carboxylic acids is 1. The minimum atomic E-state index is -0.982. The molecule has 0 aliphatic rings. The van der Waals surface area contributed by atoms with Crippen LogP contribution >= 0.6 is 0 Å². The lowest BCUT2D eigenvalue weighted by atomic mass is 9.95. The van der Waals surface area contributed by atoms with Gasteiger partial charge in [-0.15, -0.1) is 0 Å². The average Bonchev–Trinajstić information content (AvgIpc) is 2.26. The maximum absolute atomic E-state index is 11.8. The first kappa shape index (κ1) is 13.2. The van der Waals surface area contributed by atoms with E-state index in [0.29, 0.717) is 5.82 Å². The van der Waals surface area contributed by atoms with Crippen LogP contribution in [0, 0.1) is 18.8 Å². The van der Waals surface area contributed by atoms with Gasteiger partial charge in [-0.05, 0) is 19.1 Å². The van der Waals surface area contributed by atoms with Crippen molar-refractivity contribution < 1.29 is 14.7 Å². The fourth-order valence-corrected chi connectivity index (χ4v) is 1.29. The summed E-state index contributed by atoms with van der Waals surface area (Å²) >= 11 is 0. The van der Waals surface area contributed by atoms with Crippen LogP contribution in [0.1, 0.15) is 19.5 Å². The number of rotatable bonds is 4. The first-order valence-electron chi connectivity index (χ1n) is 5.39. The molecular formula is C12H16N2O3. The predicted octanol–water partition coefficient (Wildman–Crippen LogP) is 1.69. The number of hydrogen-bond acceptors (Lipinski definition) is 3. The van der Waals surface area contributed by atoms with E-state index in [1.807, 2.05) is 13.0 Å². The van der Waals surface area contributed by atoms with Gasteiger partial charge in [0.2, 0.25) is 5.91 Å². The molecule has 1 amide bonds. The van der Waals surface area contributed by atoms with Crippen LogP contribution in [0.4, 0.5) is 5.82 Å². The average molecular weight is 236 g/mol. The monoisotopic (exact) mass is 236 g/mol. The van der Waals surface area contributed by atoms with E-state index < -0.39 is 17.8 Å². The van der Waals surface area contributed by atoms with E-state index in [4.69, 9.17) is 5.11 Å². The van der Waals surface area contributed by atoms with Gasteiger partial charge >= 0.3 is 5.97 Å². The molecule has 0 saturated heterocycles. The summed E-state index contributed by atoms with van der Waals surface area (Å²) in [6.45, 7) is 4.92. The summed E-state index contributed by atoms with van der Waals surface area (Å²) in [5.41, 5.74) is 0.793. The van der Waals surface area contributed by atoms with Crippen molar-refractivity contribution >= 4 is 17.7 Å². The van der Waals surface area contributed by atoms with Gasteiger partial charge < -0.3 is 10.4 Å². The maximum Gasteiger partial charge on any atom is 0.307 e. The van der Waals surface area contributed by atoms with Crippen LogP contribution in [0.25, 0.3) is 0 Å². The van der Waals surface area contributed by atoms with Gasteiger partial charge in [-0.25, -0.2) is 4.98 Å². The molecule has 0 bridgehead atoms. The van der Waals surface area contributed by atoms with E-state index in [1.54, 1.807) is 19.1 Å². The van der Waals surface area contributed by atoms with Crippen molar-refractivity contribution in [2.45, 2.75) is 20.8 Å². The fourth-order valence-electron chi connectivity index (χ4n) is 1.29. The van der Waals surface area contributed by atoms with Crippen molar-refractivity contribution in [1.29, 1.82) is 0 Å². The number of pyridine rings is 1. The van der Waals surface area contributed by atoms with E-state index in [9.17, 15) is 9.59 Å². The molecule has 5 nitrogen and oxygen atoms in total. The molecule has 1 rings (SSSR count). The number of carbonyl (C=O) groups is 2. The summed E-state index contributed by atoms with van der Waals surface area (Å²) in [5.74, 6) is -2.20. The molecule has 2 N–H and O–H groups in total. The normalized spacial score (nSPS) is 13.8. The van der Waals surface area contributed by atoms with Crippen LogP contribution in [0.5, 0.6) is 0 Å². The summed E-state index contributed by atoms with van der Waals surface area (Å²) in [7, 11) is 0. The van der Waals surface area contributed by atoms with E-state index in [0.717, 1.165) is 5.69 Å². The van der Waals surface area contributed by atoms with Gasteiger partial charge in [-0.2, -0.15) is 0 Å². The number of aryl methyl sites for hydroxylation is 1. The molecule has 92 valence electrons. The van der Waals surface area contributed by atoms with Crippen molar-refractivity contribution in [3.63, 3.8) is 0 Å². The Balaban J connectivity index is 2.69. The second-order valence-corrected chi connectivity index (χ2v) is 4.07. The highest BCUT2D eigenvalue weighted by Crippen LogP contribution is 2.14. The zero-order chi connectivity index (χ0) is 13.0. The minimum absolute atomic E-state index is 0.335. The van der Waals surface area contributed by atoms with Crippen LogP contribution in [-0.4, -0.2) is 22.0 Å². The molecular weight excluding hydrogens is 220 g/mol. The first-order chi connectivity index (χ1) is 7.91. The van der Waals surface area contributed by atoms with E-state index in [-0.39, 0.29) is 5.91 Å². The maximum atomic E-state index is 11.8. The highest BCUT2D eigenvalue weighted by Gasteiger charge is 2.25. The quantitative estimate of drug-likeness (QED) is 0.833. The Hall–Kier alpha value is -1.91. The topological polar surface area (TPSA) is 79.3 Å². The molecule has 0 aromatic carbocycles. The molecule has 2 atom stereocenters. The number of aliphatic carboxylic acids is 1. The molecule has 0 spiro atoms. The summed E-state index contributed by atoms with van der Waals surface area (Å²) in [4.78, 5) is 26.6. The van der Waals surface area contributed by atoms with Crippen molar-refractivity contribution in [3.05, 3.63) is 23.9 Å². The van der Waals surface area contributed by atoms with Crippen molar-refractivity contribution in [3.8, 4) is 0 Å². The molecule has 0 saturated carbocycles. The third kappa shape index (κ3) is 3.55. The van der Waals surface area contributed by atoms with Crippen molar-refractivity contribution in [1.82, 2.24) is 4.98 Å². The molecule has 2 unspecified atom stereocenters. The van der Waals surface area contributed by atoms with E-state index >= 15 is 0 Å². The Kier molecular flexibility index (Phi) is 4.20. The van der Waals surface area contributed by atoms with Crippen LogP contribution in [0.15, 0.2) is 18.2 Å². The zero-order valence-corrected chi connectivity index (χ0v) is 10.1. The smallest absolute Gasteiger partial charge is 0.307 e. The van der Waals surface area contributed by atoms with Crippen LogP contribution in [-0.2, 0) is 9.59 Å². The number of carboxylic acid groups (broad SMARTS) is 1. The molecule has 0 aliphatic carbocycles. The molecule has 17 heavy (non-hydrogen) atoms. The SMILES string of the molecule is Cc1cccc(NC(=O)C(C)C(C)C(=O)O)n1. The first-order valence-corrected chi connectivity index (χ1v) is 5.39. The highest BCUT2D eigenvalue weighted by atomic mass is 16.4. The largest absolute Gasteiger partial charge is 0.481 e. The standard InChI is InChI=1S/C12H16N2O3/c1-7-5-4-6-10(13-7)14-11(15)8(2)9(3)12(16)17/h4-6,8-9H,1-3H3,(H,16,17)(H,13,14,15). The molecule has 0 fully saturated rings. The number of nitrogens with one attached hydrogen (secondary N) is 1. The zero-order valence-electron chi connectivity index (χ0n) is 10.1. The fraction of sp³-hybridized carbons (Fsp3) is 0.417. The van der Waals surface area contributed by atoms with Crippen LogP contribution in [0.2, 0.25) is 0 Å². The lowest BCUT2D eigenvalue weighted by molar-refractivity contribution is -0.145. The van der Waals surface area contributed by atoms with Gasteiger partial charge in [0, 0.05) is 11.6 Å². The van der Waals surface area contributed by atoms with Gasteiger partial charge in [0.15, 0.2) is 0 Å². The molecule has 1 aromatic heterocycles. The van der Waals surface area contributed by atoms with Gasteiger partial charge in [-0.3, -0.25) is 9.59 Å². The summed E-state index contributed by atoms with van der Waals surface area (Å²) < 4.78 is 0. The lowest BCUT2D eigenvalue weighted by Gasteiger charge is -2.15. The minimum Gasteiger partial charge on any atom is -0.481 e. The Bertz CT molecular complexity index is 432. The van der Waals surface area contributed by atoms with Gasteiger partial charge in [0.25, 0.3) is 0 Å². The highest BCUT2D eigenvalue weighted by molar-refractivity contribution is 5.94. The summed E-state index contributed by atoms with van der Waals surface area (Å²) in [5, 5.41) is 11.4. The Morgan fingerprint density at radius 1 is 1.29 bits per heavy atom. The van der Waals surface area contributed by atoms with E-state index in [2.05, 4.69) is 10.3 Å². The Labute approximate surface area is 99.9 Å². The Morgan fingerprint density at radius 3 is 2.47 bits per heavy atom. The molecule has 5 heteroatoms. The third-order valence-corrected chi connectivity index (χ3v) is 2.69. The molecule has 0 aliphatic heterocycles. The van der Waals surface area contributed by atoms with Gasteiger partial charge in [0.05, 0.1) is 5.92 Å². The van der Waals surface area contributed by atoms with Crippen LogP contribution < -0.4 is 5.32 Å². The number of nitrogens with zero attached hydrogens (tertiary/aromatic N) is 1. The van der Waals surface area contributed by atoms with E-state index in [1.165, 1.54) is 6.92 Å². The number of hydrogen-bond donors (Lipinski definition) is 2. The van der Waals surface area contributed by atoms with Crippen LogP contribution in [0.3, 0.4) is 0 Å². The summed E-state index contributed by atoms with van der Waals surface area (Å²) in [6, 6.07) is 5.27. The second-order valence-electron chi connectivity index (χ2n) is 4.07. The Morgan fingerprint density at radius 2 is 1.94 bits per heavy atom. The van der Waals surface area contributed by atoms with Crippen molar-refractivity contribution in [2.75, 3.05) is 5.32 Å². The third-order valence-electron chi connectivity index (χ3n) is 2.69. The predicted molar refractivity (Wildman–Crippen MR) is 63.6 cm³/mol. The summed E-state index contributed by atoms with van der Waals surface area (Å²) in [6.07, 6.45) is 0.